The standard InChI is InChI=1S/C18H17ClO4/c1-3-16(18(21)22-2)23-15-10-6-13(7-11-15)17(20)12-4-8-14(19)9-5-12/h4-11,16H,3H2,1-2H3. The minimum Gasteiger partial charge on any atom is -0.479 e. The van der Waals surface area contributed by atoms with E-state index in [2.05, 4.69) is 4.74 Å². The molecule has 2 aromatic rings. The van der Waals surface area contributed by atoms with Crippen molar-refractivity contribution in [2.75, 3.05) is 7.11 Å². The molecule has 120 valence electrons. The summed E-state index contributed by atoms with van der Waals surface area (Å²) >= 11 is 5.82. The van der Waals surface area contributed by atoms with Gasteiger partial charge in [-0.15, -0.1) is 0 Å². The lowest BCUT2D eigenvalue weighted by atomic mass is 10.0. The first-order valence-electron chi connectivity index (χ1n) is 7.20. The Balaban J connectivity index is 2.11. The van der Waals surface area contributed by atoms with E-state index in [1.807, 2.05) is 6.92 Å². The second kappa shape index (κ2) is 7.79. The second-order valence-electron chi connectivity index (χ2n) is 4.90. The van der Waals surface area contributed by atoms with Crippen molar-refractivity contribution < 1.29 is 19.1 Å². The van der Waals surface area contributed by atoms with E-state index in [0.29, 0.717) is 28.3 Å². The molecule has 1 unspecified atom stereocenters. The Hall–Kier alpha value is -2.33. The molecule has 0 bridgehead atoms. The Kier molecular flexibility index (Phi) is 5.77. The maximum absolute atomic E-state index is 12.3. The predicted octanol–water partition coefficient (Wildman–Crippen LogP) is 3.90. The maximum Gasteiger partial charge on any atom is 0.347 e. The highest BCUT2D eigenvalue weighted by Gasteiger charge is 2.19. The normalized spacial score (nSPS) is 11.6. The minimum absolute atomic E-state index is 0.103. The van der Waals surface area contributed by atoms with E-state index in [9.17, 15) is 9.59 Å². The summed E-state index contributed by atoms with van der Waals surface area (Å²) in [5, 5.41) is 0.582. The summed E-state index contributed by atoms with van der Waals surface area (Å²) in [4.78, 5) is 23.9. The monoisotopic (exact) mass is 332 g/mol. The summed E-state index contributed by atoms with van der Waals surface area (Å²) in [6.07, 6.45) is -0.157. The molecule has 0 aliphatic carbocycles. The van der Waals surface area contributed by atoms with E-state index in [-0.39, 0.29) is 5.78 Å². The zero-order valence-corrected chi connectivity index (χ0v) is 13.7. The number of rotatable bonds is 6. The molecule has 5 heteroatoms. The Morgan fingerprint density at radius 3 is 2.00 bits per heavy atom. The van der Waals surface area contributed by atoms with Crippen LogP contribution in [0.5, 0.6) is 5.75 Å². The fourth-order valence-corrected chi connectivity index (χ4v) is 2.17. The first kappa shape index (κ1) is 17.0. The van der Waals surface area contributed by atoms with Gasteiger partial charge in [0.05, 0.1) is 7.11 Å². The first-order valence-corrected chi connectivity index (χ1v) is 7.57. The van der Waals surface area contributed by atoms with Crippen molar-refractivity contribution in [3.8, 4) is 5.75 Å². The third kappa shape index (κ3) is 4.33. The minimum atomic E-state index is -0.655. The van der Waals surface area contributed by atoms with Gasteiger partial charge in [-0.2, -0.15) is 0 Å². The molecule has 2 aromatic carbocycles. The summed E-state index contributed by atoms with van der Waals surface area (Å²) in [6, 6.07) is 13.4. The van der Waals surface area contributed by atoms with Crippen LogP contribution >= 0.6 is 11.6 Å². The van der Waals surface area contributed by atoms with Crippen LogP contribution in [-0.4, -0.2) is 25.0 Å². The number of benzene rings is 2. The number of carbonyl (C=O) groups excluding carboxylic acids is 2. The average molecular weight is 333 g/mol. The van der Waals surface area contributed by atoms with Crippen molar-refractivity contribution in [1.29, 1.82) is 0 Å². The van der Waals surface area contributed by atoms with E-state index in [4.69, 9.17) is 16.3 Å². The molecule has 4 nitrogen and oxygen atoms in total. The maximum atomic E-state index is 12.3. The highest BCUT2D eigenvalue weighted by atomic mass is 35.5. The van der Waals surface area contributed by atoms with Crippen LogP contribution in [0.2, 0.25) is 5.02 Å². The zero-order valence-electron chi connectivity index (χ0n) is 12.9. The largest absolute Gasteiger partial charge is 0.479 e. The molecule has 0 N–H and O–H groups in total. The van der Waals surface area contributed by atoms with Crippen LogP contribution in [0.3, 0.4) is 0 Å². The summed E-state index contributed by atoms with van der Waals surface area (Å²) in [7, 11) is 1.32. The first-order chi connectivity index (χ1) is 11.0. The van der Waals surface area contributed by atoms with Gasteiger partial charge in [0.1, 0.15) is 5.75 Å². The van der Waals surface area contributed by atoms with Gasteiger partial charge in [0.15, 0.2) is 11.9 Å². The van der Waals surface area contributed by atoms with Crippen LogP contribution < -0.4 is 4.74 Å². The predicted molar refractivity (Wildman–Crippen MR) is 88.0 cm³/mol. The van der Waals surface area contributed by atoms with Gasteiger partial charge in [-0.3, -0.25) is 4.79 Å². The molecule has 0 saturated carbocycles. The molecule has 0 aliphatic heterocycles. The summed E-state index contributed by atoms with van der Waals surface area (Å²) in [5.41, 5.74) is 1.09. The molecule has 1 atom stereocenters. The Morgan fingerprint density at radius 1 is 1.00 bits per heavy atom. The Bertz CT molecular complexity index is 677. The molecule has 0 amide bonds. The van der Waals surface area contributed by atoms with E-state index < -0.39 is 12.1 Å². The van der Waals surface area contributed by atoms with E-state index >= 15 is 0 Å². The number of carbonyl (C=O) groups is 2. The molecule has 0 saturated heterocycles. The fraction of sp³-hybridized carbons (Fsp3) is 0.222. The SMILES string of the molecule is CCC(Oc1ccc(C(=O)c2ccc(Cl)cc2)cc1)C(=O)OC. The van der Waals surface area contributed by atoms with Crippen LogP contribution in [0, 0.1) is 0 Å². The van der Waals surface area contributed by atoms with Gasteiger partial charge in [-0.25, -0.2) is 4.79 Å². The second-order valence-corrected chi connectivity index (χ2v) is 5.33. The van der Waals surface area contributed by atoms with Gasteiger partial charge in [0, 0.05) is 16.1 Å². The lowest BCUT2D eigenvalue weighted by Gasteiger charge is -2.15. The molecule has 2 rings (SSSR count). The molecular formula is C18H17ClO4. The lowest BCUT2D eigenvalue weighted by molar-refractivity contribution is -0.148. The Morgan fingerprint density at radius 2 is 1.52 bits per heavy atom. The van der Waals surface area contributed by atoms with Crippen LogP contribution in [0.25, 0.3) is 0 Å². The number of methoxy groups -OCH3 is 1. The van der Waals surface area contributed by atoms with Crippen LogP contribution in [0.4, 0.5) is 0 Å². The number of esters is 1. The van der Waals surface area contributed by atoms with Crippen molar-refractivity contribution in [1.82, 2.24) is 0 Å². The summed E-state index contributed by atoms with van der Waals surface area (Å²) in [5.74, 6) is -0.0167. The number of hydrogen-bond acceptors (Lipinski definition) is 4. The number of halogens is 1. The summed E-state index contributed by atoms with van der Waals surface area (Å²) in [6.45, 7) is 1.83. The van der Waals surface area contributed by atoms with Gasteiger partial charge >= 0.3 is 5.97 Å². The Labute approximate surface area is 140 Å². The lowest BCUT2D eigenvalue weighted by Crippen LogP contribution is -2.27. The van der Waals surface area contributed by atoms with E-state index in [1.54, 1.807) is 48.5 Å². The molecule has 0 aliphatic rings. The van der Waals surface area contributed by atoms with Gasteiger partial charge in [0.2, 0.25) is 0 Å². The molecule has 0 heterocycles. The molecule has 23 heavy (non-hydrogen) atoms. The molecular weight excluding hydrogens is 316 g/mol. The van der Waals surface area contributed by atoms with E-state index in [1.165, 1.54) is 7.11 Å². The van der Waals surface area contributed by atoms with Crippen molar-refractivity contribution in [2.24, 2.45) is 0 Å². The number of ketones is 1. The highest BCUT2D eigenvalue weighted by Crippen LogP contribution is 2.19. The zero-order chi connectivity index (χ0) is 16.8. The molecule has 0 spiro atoms. The molecule has 0 radical (unpaired) electrons. The summed E-state index contributed by atoms with van der Waals surface area (Å²) < 4.78 is 10.2. The van der Waals surface area contributed by atoms with Gasteiger partial charge in [0.25, 0.3) is 0 Å². The van der Waals surface area contributed by atoms with Crippen LogP contribution in [0.1, 0.15) is 29.3 Å². The quantitative estimate of drug-likeness (QED) is 0.594. The smallest absolute Gasteiger partial charge is 0.347 e. The van der Waals surface area contributed by atoms with Gasteiger partial charge in [-0.05, 0) is 55.0 Å². The van der Waals surface area contributed by atoms with E-state index in [0.717, 1.165) is 0 Å². The van der Waals surface area contributed by atoms with Gasteiger partial charge in [-0.1, -0.05) is 18.5 Å². The van der Waals surface area contributed by atoms with Crippen molar-refractivity contribution in [3.05, 3.63) is 64.7 Å². The van der Waals surface area contributed by atoms with Crippen LogP contribution in [0.15, 0.2) is 48.5 Å². The molecule has 0 fully saturated rings. The fourth-order valence-electron chi connectivity index (χ4n) is 2.05. The van der Waals surface area contributed by atoms with Gasteiger partial charge < -0.3 is 9.47 Å². The topological polar surface area (TPSA) is 52.6 Å². The molecule has 0 aromatic heterocycles. The average Bonchev–Trinajstić information content (AvgIpc) is 2.59. The van der Waals surface area contributed by atoms with Crippen molar-refractivity contribution in [3.63, 3.8) is 0 Å². The highest BCUT2D eigenvalue weighted by molar-refractivity contribution is 6.30. The third-order valence-corrected chi connectivity index (χ3v) is 3.59. The van der Waals surface area contributed by atoms with Crippen LogP contribution in [-0.2, 0) is 9.53 Å². The number of hydrogen-bond donors (Lipinski definition) is 0. The number of ether oxygens (including phenoxy) is 2. The third-order valence-electron chi connectivity index (χ3n) is 3.34. The van der Waals surface area contributed by atoms with Crippen molar-refractivity contribution >= 4 is 23.4 Å². The van der Waals surface area contributed by atoms with Crippen molar-refractivity contribution in [2.45, 2.75) is 19.4 Å².